The number of fused-ring (bicyclic) bond motifs is 1. The standard InChI is InChI=1S/C24H38NO4Si/c1-8-29-24(26)16-25-13-12-19-14-22(27-3)23(28-4)15-20(19)21(25)11-9-10-18(2)17-30(5,6)7/h14-15H,2,8-13,16-17H2,1,3-7H3/q+1. The maximum atomic E-state index is 12.2. The van der Waals surface area contributed by atoms with Gasteiger partial charge < -0.3 is 14.2 Å². The highest BCUT2D eigenvalue weighted by atomic mass is 28.3. The summed E-state index contributed by atoms with van der Waals surface area (Å²) in [4.78, 5) is 12.2. The second-order valence-electron chi connectivity index (χ2n) is 9.13. The van der Waals surface area contributed by atoms with Crippen LogP contribution in [0.5, 0.6) is 11.5 Å². The van der Waals surface area contributed by atoms with Crippen molar-refractivity contribution in [2.75, 3.05) is 33.9 Å². The van der Waals surface area contributed by atoms with E-state index in [0.717, 1.165) is 55.3 Å². The van der Waals surface area contributed by atoms with Gasteiger partial charge in [-0.1, -0.05) is 25.2 Å². The van der Waals surface area contributed by atoms with Crippen molar-refractivity contribution in [1.82, 2.24) is 0 Å². The maximum absolute atomic E-state index is 12.2. The van der Waals surface area contributed by atoms with E-state index in [1.165, 1.54) is 16.8 Å². The van der Waals surface area contributed by atoms with Crippen LogP contribution in [-0.2, 0) is 16.0 Å². The molecule has 1 aliphatic rings. The van der Waals surface area contributed by atoms with Gasteiger partial charge in [0.15, 0.2) is 17.2 Å². The van der Waals surface area contributed by atoms with E-state index in [-0.39, 0.29) is 12.5 Å². The van der Waals surface area contributed by atoms with Gasteiger partial charge in [-0.05, 0) is 43.5 Å². The molecule has 0 bridgehead atoms. The molecule has 0 amide bonds. The lowest BCUT2D eigenvalue weighted by Gasteiger charge is -2.21. The maximum Gasteiger partial charge on any atom is 0.372 e. The molecule has 1 aromatic rings. The van der Waals surface area contributed by atoms with E-state index in [4.69, 9.17) is 14.2 Å². The second kappa shape index (κ2) is 10.8. The smallest absolute Gasteiger partial charge is 0.372 e. The number of carbonyl (C=O) groups is 1. The number of ether oxygens (including phenoxy) is 3. The SMILES string of the molecule is C=C(CCCC1=[N+](CC(=O)OCC)CCc2cc(OC)c(OC)cc21)C[Si](C)(C)C. The Kier molecular flexibility index (Phi) is 8.71. The van der Waals surface area contributed by atoms with Gasteiger partial charge in [-0.3, -0.25) is 0 Å². The molecule has 0 saturated carbocycles. The van der Waals surface area contributed by atoms with Gasteiger partial charge in [-0.15, -0.1) is 6.58 Å². The molecule has 2 rings (SSSR count). The number of nitrogens with zero attached hydrogens (tertiary/aromatic N) is 1. The fraction of sp³-hybridized carbons (Fsp3) is 0.583. The second-order valence-corrected chi connectivity index (χ2v) is 14.6. The summed E-state index contributed by atoms with van der Waals surface area (Å²) in [7, 11) is 2.17. The lowest BCUT2D eigenvalue weighted by molar-refractivity contribution is -0.520. The lowest BCUT2D eigenvalue weighted by Crippen LogP contribution is -2.34. The van der Waals surface area contributed by atoms with E-state index in [1.807, 2.05) is 6.92 Å². The van der Waals surface area contributed by atoms with E-state index >= 15 is 0 Å². The number of methoxy groups -OCH3 is 2. The van der Waals surface area contributed by atoms with Crippen LogP contribution in [0.15, 0.2) is 24.3 Å². The zero-order valence-electron chi connectivity index (χ0n) is 19.6. The van der Waals surface area contributed by atoms with E-state index in [2.05, 4.69) is 42.9 Å². The van der Waals surface area contributed by atoms with Crippen LogP contribution in [0.3, 0.4) is 0 Å². The Hall–Kier alpha value is -2.08. The largest absolute Gasteiger partial charge is 0.493 e. The molecule has 6 heteroatoms. The van der Waals surface area contributed by atoms with Gasteiger partial charge in [-0.2, -0.15) is 0 Å². The Bertz CT molecular complexity index is 808. The Morgan fingerprint density at radius 2 is 1.83 bits per heavy atom. The first-order valence-corrected chi connectivity index (χ1v) is 14.6. The molecule has 0 aromatic heterocycles. The monoisotopic (exact) mass is 432 g/mol. The lowest BCUT2D eigenvalue weighted by atomic mass is 9.92. The summed E-state index contributed by atoms with van der Waals surface area (Å²) in [6, 6.07) is 5.29. The fourth-order valence-corrected chi connectivity index (χ4v) is 5.81. The number of rotatable bonds is 11. The Balaban J connectivity index is 2.29. The number of allylic oxidation sites excluding steroid dienone is 1. The van der Waals surface area contributed by atoms with Gasteiger partial charge >= 0.3 is 5.97 Å². The van der Waals surface area contributed by atoms with Crippen LogP contribution in [0.4, 0.5) is 0 Å². The Morgan fingerprint density at radius 3 is 2.43 bits per heavy atom. The molecule has 0 unspecified atom stereocenters. The molecule has 0 saturated heterocycles. The van der Waals surface area contributed by atoms with E-state index in [9.17, 15) is 4.79 Å². The van der Waals surface area contributed by atoms with Gasteiger partial charge in [0.05, 0.1) is 20.8 Å². The highest BCUT2D eigenvalue weighted by Crippen LogP contribution is 2.33. The first kappa shape index (κ1) is 24.2. The number of hydrogen-bond acceptors (Lipinski definition) is 4. The predicted octanol–water partition coefficient (Wildman–Crippen LogP) is 4.69. The molecule has 1 heterocycles. The number of hydrogen-bond donors (Lipinski definition) is 0. The third-order valence-electron chi connectivity index (χ3n) is 5.30. The molecule has 0 fully saturated rings. The van der Waals surface area contributed by atoms with Gasteiger partial charge in [0.25, 0.3) is 0 Å². The fourth-order valence-electron chi connectivity index (χ4n) is 4.13. The van der Waals surface area contributed by atoms with E-state index < -0.39 is 8.07 Å². The topological polar surface area (TPSA) is 47.8 Å². The minimum Gasteiger partial charge on any atom is -0.493 e. The average molecular weight is 433 g/mol. The molecule has 0 radical (unpaired) electrons. The normalized spacial score (nSPS) is 13.7. The molecule has 0 atom stereocenters. The van der Waals surface area contributed by atoms with Gasteiger partial charge in [0.2, 0.25) is 6.54 Å². The van der Waals surface area contributed by atoms with Crippen molar-refractivity contribution in [1.29, 1.82) is 0 Å². The van der Waals surface area contributed by atoms with Crippen molar-refractivity contribution in [2.45, 2.75) is 58.3 Å². The first-order chi connectivity index (χ1) is 14.2. The summed E-state index contributed by atoms with van der Waals surface area (Å²) in [5.74, 6) is 1.29. The number of benzene rings is 1. The minimum atomic E-state index is -1.14. The zero-order chi connectivity index (χ0) is 22.3. The molecule has 1 aliphatic heterocycles. The molecule has 0 spiro atoms. The quantitative estimate of drug-likeness (QED) is 0.220. The molecular formula is C24H38NO4Si+. The minimum absolute atomic E-state index is 0.179. The highest BCUT2D eigenvalue weighted by Gasteiger charge is 2.29. The Labute approximate surface area is 182 Å². The van der Waals surface area contributed by atoms with Gasteiger partial charge in [-0.25, -0.2) is 9.37 Å². The Morgan fingerprint density at radius 1 is 1.17 bits per heavy atom. The van der Waals surface area contributed by atoms with Crippen LogP contribution in [0.2, 0.25) is 25.7 Å². The average Bonchev–Trinajstić information content (AvgIpc) is 2.67. The summed E-state index contributed by atoms with van der Waals surface area (Å²) in [5.41, 5.74) is 4.92. The molecule has 0 N–H and O–H groups in total. The van der Waals surface area contributed by atoms with Crippen LogP contribution in [0.1, 0.15) is 37.3 Å². The molecule has 30 heavy (non-hydrogen) atoms. The molecule has 5 nitrogen and oxygen atoms in total. The number of esters is 1. The van der Waals surface area contributed by atoms with Crippen molar-refractivity contribution in [3.8, 4) is 11.5 Å². The number of carbonyl (C=O) groups excluding carboxylic acids is 1. The van der Waals surface area contributed by atoms with Crippen molar-refractivity contribution < 1.29 is 23.6 Å². The third-order valence-corrected chi connectivity index (χ3v) is 6.86. The van der Waals surface area contributed by atoms with Crippen LogP contribution >= 0.6 is 0 Å². The summed E-state index contributed by atoms with van der Waals surface area (Å²) in [6.07, 6.45) is 3.79. The summed E-state index contributed by atoms with van der Waals surface area (Å²) >= 11 is 0. The van der Waals surface area contributed by atoms with Crippen LogP contribution in [0.25, 0.3) is 0 Å². The molecule has 166 valence electrons. The summed E-state index contributed by atoms with van der Waals surface area (Å²) in [6.45, 7) is 14.8. The first-order valence-electron chi connectivity index (χ1n) is 10.9. The summed E-state index contributed by atoms with van der Waals surface area (Å²) in [5, 5.41) is 0. The molecule has 0 aliphatic carbocycles. The van der Waals surface area contributed by atoms with E-state index in [1.54, 1.807) is 14.2 Å². The highest BCUT2D eigenvalue weighted by molar-refractivity contribution is 6.76. The van der Waals surface area contributed by atoms with Crippen molar-refractivity contribution >= 4 is 19.8 Å². The zero-order valence-corrected chi connectivity index (χ0v) is 20.6. The van der Waals surface area contributed by atoms with Crippen molar-refractivity contribution in [2.24, 2.45) is 0 Å². The molecular weight excluding hydrogens is 394 g/mol. The van der Waals surface area contributed by atoms with E-state index in [0.29, 0.717) is 6.61 Å². The molecule has 1 aromatic carbocycles. The van der Waals surface area contributed by atoms with Crippen LogP contribution in [0, 0.1) is 0 Å². The summed E-state index contributed by atoms with van der Waals surface area (Å²) < 4.78 is 18.4. The van der Waals surface area contributed by atoms with Gasteiger partial charge in [0.1, 0.15) is 6.54 Å². The van der Waals surface area contributed by atoms with Crippen molar-refractivity contribution in [3.63, 3.8) is 0 Å². The van der Waals surface area contributed by atoms with Crippen LogP contribution in [-0.4, -0.2) is 58.2 Å². The predicted molar refractivity (Wildman–Crippen MR) is 125 cm³/mol. The third kappa shape index (κ3) is 6.72. The van der Waals surface area contributed by atoms with Crippen molar-refractivity contribution in [3.05, 3.63) is 35.4 Å². The van der Waals surface area contributed by atoms with Gasteiger partial charge in [0, 0.05) is 26.5 Å². The van der Waals surface area contributed by atoms with Crippen LogP contribution < -0.4 is 9.47 Å².